The van der Waals surface area contributed by atoms with E-state index in [0.717, 1.165) is 4.90 Å². The third-order valence-corrected chi connectivity index (χ3v) is 6.13. The minimum absolute atomic E-state index is 0.0144. The zero-order chi connectivity index (χ0) is 27.2. The third kappa shape index (κ3) is 6.03. The van der Waals surface area contributed by atoms with E-state index in [1.54, 1.807) is 30.3 Å². The van der Waals surface area contributed by atoms with Crippen molar-refractivity contribution < 1.29 is 42.2 Å². The number of hydrogen-bond acceptors (Lipinski definition) is 9. The number of carbonyl (C=O) groups is 4. The molecule has 1 saturated heterocycles. The molecular formula is C26H21FN2O8S. The molecule has 1 aliphatic rings. The van der Waals surface area contributed by atoms with Crippen LogP contribution < -0.4 is 14.8 Å². The highest BCUT2D eigenvalue weighted by Gasteiger charge is 2.36. The Labute approximate surface area is 220 Å². The minimum atomic E-state index is -0.711. The van der Waals surface area contributed by atoms with E-state index in [4.69, 9.17) is 13.9 Å². The van der Waals surface area contributed by atoms with Crippen LogP contribution in [0.5, 0.6) is 11.5 Å². The first-order valence-corrected chi connectivity index (χ1v) is 11.9. The molecule has 0 saturated carbocycles. The number of methoxy groups -OCH3 is 2. The van der Waals surface area contributed by atoms with Gasteiger partial charge in [-0.15, -0.1) is 0 Å². The van der Waals surface area contributed by atoms with Gasteiger partial charge in [-0.3, -0.25) is 19.3 Å². The summed E-state index contributed by atoms with van der Waals surface area (Å²) in [5, 5.41) is 1.73. The highest BCUT2D eigenvalue weighted by molar-refractivity contribution is 8.18. The second-order valence-corrected chi connectivity index (χ2v) is 8.75. The van der Waals surface area contributed by atoms with E-state index in [-0.39, 0.29) is 23.0 Å². The topological polar surface area (TPSA) is 124 Å². The van der Waals surface area contributed by atoms with E-state index in [0.29, 0.717) is 34.6 Å². The van der Waals surface area contributed by atoms with Crippen LogP contribution in [0.4, 0.5) is 14.9 Å². The average Bonchev–Trinajstić information content (AvgIpc) is 3.49. The Morgan fingerprint density at radius 3 is 2.61 bits per heavy atom. The fourth-order valence-electron chi connectivity index (χ4n) is 3.39. The van der Waals surface area contributed by atoms with Crippen molar-refractivity contribution in [2.45, 2.75) is 6.61 Å². The van der Waals surface area contributed by atoms with Crippen molar-refractivity contribution in [3.63, 3.8) is 0 Å². The maximum absolute atomic E-state index is 13.8. The van der Waals surface area contributed by atoms with Gasteiger partial charge in [-0.2, -0.15) is 0 Å². The van der Waals surface area contributed by atoms with Gasteiger partial charge in [0.05, 0.1) is 24.8 Å². The number of imide groups is 1. The molecule has 1 N–H and O–H groups in total. The van der Waals surface area contributed by atoms with Crippen molar-refractivity contribution in [3.8, 4) is 11.5 Å². The third-order valence-electron chi connectivity index (χ3n) is 5.23. The Balaban J connectivity index is 1.41. The molecule has 2 heterocycles. The number of amides is 3. The van der Waals surface area contributed by atoms with Gasteiger partial charge in [-0.25, -0.2) is 9.18 Å². The molecule has 0 bridgehead atoms. The van der Waals surface area contributed by atoms with E-state index in [2.05, 4.69) is 10.1 Å². The first-order chi connectivity index (χ1) is 18.3. The van der Waals surface area contributed by atoms with Gasteiger partial charge in [0, 0.05) is 0 Å². The number of esters is 1. The molecule has 3 amide bonds. The summed E-state index contributed by atoms with van der Waals surface area (Å²) in [6.07, 6.45) is 1.49. The minimum Gasteiger partial charge on any atom is -0.493 e. The molecule has 38 heavy (non-hydrogen) atoms. The number of anilines is 1. The zero-order valence-electron chi connectivity index (χ0n) is 20.2. The van der Waals surface area contributed by atoms with Gasteiger partial charge in [0.1, 0.15) is 24.7 Å². The maximum Gasteiger partial charge on any atom is 0.373 e. The van der Waals surface area contributed by atoms with E-state index in [1.165, 1.54) is 44.6 Å². The SMILES string of the molecule is COC(=O)c1ccc(COc2ccc(/C=C3/SC(=O)N(CC(=O)Nc4ccccc4F)C3=O)cc2OC)o1. The van der Waals surface area contributed by atoms with Gasteiger partial charge in [0.15, 0.2) is 11.5 Å². The quantitative estimate of drug-likeness (QED) is 0.309. The molecule has 196 valence electrons. The molecule has 1 aromatic heterocycles. The smallest absolute Gasteiger partial charge is 0.373 e. The maximum atomic E-state index is 13.8. The van der Waals surface area contributed by atoms with E-state index in [9.17, 15) is 23.6 Å². The van der Waals surface area contributed by atoms with Crippen LogP contribution in [0.25, 0.3) is 6.08 Å². The van der Waals surface area contributed by atoms with Crippen molar-refractivity contribution in [1.29, 1.82) is 0 Å². The number of carbonyl (C=O) groups excluding carboxylic acids is 4. The van der Waals surface area contributed by atoms with Crippen LogP contribution in [-0.2, 0) is 20.9 Å². The number of nitrogens with one attached hydrogen (secondary N) is 1. The molecule has 0 unspecified atom stereocenters. The number of thioether (sulfide) groups is 1. The summed E-state index contributed by atoms with van der Waals surface area (Å²) in [5.74, 6) is -1.43. The summed E-state index contributed by atoms with van der Waals surface area (Å²) in [6.45, 7) is -0.544. The first-order valence-electron chi connectivity index (χ1n) is 11.1. The Morgan fingerprint density at radius 1 is 1.08 bits per heavy atom. The number of rotatable bonds is 9. The molecule has 0 spiro atoms. The van der Waals surface area contributed by atoms with Crippen LogP contribution in [0.2, 0.25) is 0 Å². The van der Waals surface area contributed by atoms with Gasteiger partial charge in [-0.05, 0) is 59.8 Å². The summed E-state index contributed by atoms with van der Waals surface area (Å²) < 4.78 is 34.8. The second kappa shape index (κ2) is 11.6. The lowest BCUT2D eigenvalue weighted by atomic mass is 10.2. The number of halogens is 1. The zero-order valence-corrected chi connectivity index (χ0v) is 21.0. The van der Waals surface area contributed by atoms with Crippen molar-refractivity contribution in [3.05, 3.63) is 82.4 Å². The molecule has 12 heteroatoms. The van der Waals surface area contributed by atoms with Gasteiger partial charge in [0.2, 0.25) is 11.7 Å². The molecule has 0 radical (unpaired) electrons. The van der Waals surface area contributed by atoms with Crippen molar-refractivity contribution in [2.24, 2.45) is 0 Å². The van der Waals surface area contributed by atoms with Crippen LogP contribution in [0.3, 0.4) is 0 Å². The number of hydrogen-bond donors (Lipinski definition) is 1. The highest BCUT2D eigenvalue weighted by Crippen LogP contribution is 2.35. The Bertz CT molecular complexity index is 1430. The molecule has 4 rings (SSSR count). The molecule has 0 atom stereocenters. The summed E-state index contributed by atoms with van der Waals surface area (Å²) >= 11 is 0.682. The first kappa shape index (κ1) is 26.5. The van der Waals surface area contributed by atoms with Gasteiger partial charge in [-0.1, -0.05) is 18.2 Å². The van der Waals surface area contributed by atoms with Crippen LogP contribution in [-0.4, -0.2) is 48.7 Å². The molecule has 1 fully saturated rings. The Hall–Kier alpha value is -4.58. The lowest BCUT2D eigenvalue weighted by Gasteiger charge is -2.13. The second-order valence-electron chi connectivity index (χ2n) is 7.75. The van der Waals surface area contributed by atoms with Crippen molar-refractivity contribution >= 4 is 46.5 Å². The van der Waals surface area contributed by atoms with Crippen LogP contribution in [0, 0.1) is 5.82 Å². The van der Waals surface area contributed by atoms with Gasteiger partial charge in [0.25, 0.3) is 11.1 Å². The lowest BCUT2D eigenvalue weighted by molar-refractivity contribution is -0.127. The molecule has 3 aromatic rings. The average molecular weight is 541 g/mol. The number of nitrogens with zero attached hydrogens (tertiary/aromatic N) is 1. The molecule has 1 aliphatic heterocycles. The normalized spacial score (nSPS) is 14.1. The lowest BCUT2D eigenvalue weighted by Crippen LogP contribution is -2.36. The van der Waals surface area contributed by atoms with Crippen molar-refractivity contribution in [1.82, 2.24) is 4.90 Å². The van der Waals surface area contributed by atoms with Crippen LogP contribution in [0.15, 0.2) is 63.9 Å². The largest absolute Gasteiger partial charge is 0.493 e. The highest BCUT2D eigenvalue weighted by atomic mass is 32.2. The van der Waals surface area contributed by atoms with Gasteiger partial charge < -0.3 is 23.9 Å². The number of benzene rings is 2. The fraction of sp³-hybridized carbons (Fsp3) is 0.154. The Morgan fingerprint density at radius 2 is 1.87 bits per heavy atom. The van der Waals surface area contributed by atoms with Crippen LogP contribution in [0.1, 0.15) is 21.9 Å². The standard InChI is InChI=1S/C26H21FN2O8S/c1-34-21-11-15(7-9-19(21)36-14-16-8-10-20(37-16)25(32)35-2)12-22-24(31)29(26(33)38-22)13-23(30)28-18-6-4-3-5-17(18)27/h3-12H,13-14H2,1-2H3,(H,28,30)/b22-12+. The van der Waals surface area contributed by atoms with Crippen LogP contribution >= 0.6 is 11.8 Å². The molecule has 0 aliphatic carbocycles. The predicted molar refractivity (Wildman–Crippen MR) is 135 cm³/mol. The number of para-hydroxylation sites is 1. The van der Waals surface area contributed by atoms with E-state index in [1.807, 2.05) is 0 Å². The van der Waals surface area contributed by atoms with E-state index >= 15 is 0 Å². The molecule has 2 aromatic carbocycles. The number of furan rings is 1. The Kier molecular flexibility index (Phi) is 8.12. The van der Waals surface area contributed by atoms with Crippen molar-refractivity contribution in [2.75, 3.05) is 26.1 Å². The van der Waals surface area contributed by atoms with E-state index < -0.39 is 35.4 Å². The molecular weight excluding hydrogens is 519 g/mol. The molecule has 10 nitrogen and oxygen atoms in total. The summed E-state index contributed by atoms with van der Waals surface area (Å²) in [4.78, 5) is 49.9. The summed E-state index contributed by atoms with van der Waals surface area (Å²) in [5.41, 5.74) is 0.492. The summed E-state index contributed by atoms with van der Waals surface area (Å²) in [7, 11) is 2.69. The fourth-order valence-corrected chi connectivity index (χ4v) is 4.23. The monoisotopic (exact) mass is 540 g/mol. The number of ether oxygens (including phenoxy) is 3. The summed E-state index contributed by atoms with van der Waals surface area (Å²) in [6, 6.07) is 13.5. The van der Waals surface area contributed by atoms with Gasteiger partial charge >= 0.3 is 5.97 Å². The predicted octanol–water partition coefficient (Wildman–Crippen LogP) is 4.47.